The van der Waals surface area contributed by atoms with Crippen LogP contribution in [0.4, 0.5) is 26.2 Å². The van der Waals surface area contributed by atoms with Crippen LogP contribution in [0, 0.1) is 5.82 Å². The van der Waals surface area contributed by atoms with Crippen LogP contribution in [0.15, 0.2) is 36.4 Å². The van der Waals surface area contributed by atoms with E-state index in [1.807, 2.05) is 31.7 Å². The lowest BCUT2D eigenvalue weighted by atomic mass is 9.73. The third-order valence-electron chi connectivity index (χ3n) is 9.74. The maximum absolute atomic E-state index is 14.5. The van der Waals surface area contributed by atoms with Crippen LogP contribution < -0.4 is 14.7 Å². The van der Waals surface area contributed by atoms with Crippen molar-refractivity contribution in [3.05, 3.63) is 53.3 Å². The zero-order valence-corrected chi connectivity index (χ0v) is 25.5. The molecule has 0 bridgehead atoms. The molecule has 226 valence electrons. The molecule has 0 unspecified atom stereocenters. The number of fused-ring (bicyclic) bond motifs is 5. The van der Waals surface area contributed by atoms with Gasteiger partial charge in [-0.3, -0.25) is 14.5 Å². The minimum Gasteiger partial charge on any atom is -0.443 e. The van der Waals surface area contributed by atoms with Crippen LogP contribution in [0.5, 0.6) is 0 Å². The Kier molecular flexibility index (Phi) is 7.36. The monoisotopic (exact) mass is 578 g/mol. The molecule has 0 aromatic heterocycles. The van der Waals surface area contributed by atoms with E-state index < -0.39 is 5.60 Å². The van der Waals surface area contributed by atoms with Crippen molar-refractivity contribution < 1.29 is 23.6 Å². The zero-order chi connectivity index (χ0) is 29.8. The number of hydrogen-bond acceptors (Lipinski definition) is 6. The highest BCUT2D eigenvalue weighted by atomic mass is 19.1. The van der Waals surface area contributed by atoms with Gasteiger partial charge in [-0.05, 0) is 106 Å². The van der Waals surface area contributed by atoms with Gasteiger partial charge < -0.3 is 14.5 Å². The molecule has 3 heterocycles. The molecule has 2 atom stereocenters. The lowest BCUT2D eigenvalue weighted by molar-refractivity contribution is -0.169. The van der Waals surface area contributed by atoms with Gasteiger partial charge in [-0.2, -0.15) is 0 Å². The Hall–Kier alpha value is -3.33. The quantitative estimate of drug-likeness (QED) is 0.416. The summed E-state index contributed by atoms with van der Waals surface area (Å²) in [5.41, 5.74) is 4.62. The Balaban J connectivity index is 1.23. The predicted molar refractivity (Wildman–Crippen MR) is 162 cm³/mol. The molecule has 2 amide bonds. The third kappa shape index (κ3) is 5.21. The molecular weight excluding hydrogens is 535 g/mol. The fraction of sp³-hybridized carbons (Fsp3) is 0.576. The van der Waals surface area contributed by atoms with Gasteiger partial charge in [-0.15, -0.1) is 0 Å². The van der Waals surface area contributed by atoms with E-state index in [1.165, 1.54) is 18.2 Å². The van der Waals surface area contributed by atoms with Crippen molar-refractivity contribution in [2.75, 3.05) is 55.0 Å². The van der Waals surface area contributed by atoms with E-state index in [-0.39, 0.29) is 29.2 Å². The molecule has 2 aromatic rings. The molecule has 0 saturated carbocycles. The van der Waals surface area contributed by atoms with Gasteiger partial charge in [0.05, 0.1) is 18.5 Å². The first-order valence-corrected chi connectivity index (χ1v) is 15.2. The SMILES string of the molecule is CON(C)C(=O)C[C@@H]1CC2(CCN(c3ccc4c(c3)N3CCC[C@H]3CN4C(=O)OC(C)(C)C)CC2)c2cc(F)ccc21. The minimum absolute atomic E-state index is 0.0481. The molecule has 2 aromatic carbocycles. The Bertz CT molecular complexity index is 1370. The van der Waals surface area contributed by atoms with Crippen LogP contribution >= 0.6 is 0 Å². The second kappa shape index (κ2) is 10.7. The van der Waals surface area contributed by atoms with Gasteiger partial charge in [-0.1, -0.05) is 6.07 Å². The number of carbonyl (C=O) groups excluding carboxylic acids is 2. The number of amides is 2. The molecule has 2 fully saturated rings. The van der Waals surface area contributed by atoms with E-state index in [9.17, 15) is 14.0 Å². The number of halogens is 1. The number of nitrogens with zero attached hydrogens (tertiary/aromatic N) is 4. The summed E-state index contributed by atoms with van der Waals surface area (Å²) >= 11 is 0. The highest BCUT2D eigenvalue weighted by molar-refractivity contribution is 5.95. The lowest BCUT2D eigenvalue weighted by Crippen LogP contribution is -2.49. The first kappa shape index (κ1) is 28.8. The molecule has 1 aliphatic carbocycles. The Morgan fingerprint density at radius 1 is 1.07 bits per heavy atom. The third-order valence-corrected chi connectivity index (χ3v) is 9.74. The molecule has 4 aliphatic rings. The van der Waals surface area contributed by atoms with E-state index in [4.69, 9.17) is 9.57 Å². The molecule has 42 heavy (non-hydrogen) atoms. The summed E-state index contributed by atoms with van der Waals surface area (Å²) < 4.78 is 20.3. The summed E-state index contributed by atoms with van der Waals surface area (Å²) in [6, 6.07) is 11.8. The van der Waals surface area contributed by atoms with Gasteiger partial charge in [0.1, 0.15) is 11.4 Å². The molecular formula is C33H43FN4O4. The van der Waals surface area contributed by atoms with E-state index in [2.05, 4.69) is 28.0 Å². The number of hydrogen-bond donors (Lipinski definition) is 0. The first-order chi connectivity index (χ1) is 20.0. The fourth-order valence-corrected chi connectivity index (χ4v) is 7.63. The standard InChI is InChI=1S/C33H43FN4O4/c1-32(2,3)42-31(40)38-21-25-7-6-14-37(25)29-19-24(9-11-28(29)38)36-15-12-33(13-16-36)20-22(17-30(39)35(4)41-5)26-10-8-23(34)18-27(26)33/h8-11,18-19,22,25H,6-7,12-17,20-21H2,1-5H3/t22-,25+/m1/s1. The highest BCUT2D eigenvalue weighted by Crippen LogP contribution is 2.53. The van der Waals surface area contributed by atoms with E-state index in [0.717, 1.165) is 79.9 Å². The molecule has 2 saturated heterocycles. The van der Waals surface area contributed by atoms with Gasteiger partial charge in [0, 0.05) is 51.4 Å². The summed E-state index contributed by atoms with van der Waals surface area (Å²) in [5.74, 6) is -0.241. The van der Waals surface area contributed by atoms with Gasteiger partial charge >= 0.3 is 6.09 Å². The second-order valence-electron chi connectivity index (χ2n) is 13.4. The van der Waals surface area contributed by atoms with Crippen molar-refractivity contribution in [1.82, 2.24) is 5.06 Å². The topological polar surface area (TPSA) is 65.6 Å². The van der Waals surface area contributed by atoms with Gasteiger partial charge in [0.2, 0.25) is 5.91 Å². The van der Waals surface area contributed by atoms with Crippen molar-refractivity contribution in [2.45, 2.75) is 82.3 Å². The van der Waals surface area contributed by atoms with E-state index in [0.29, 0.717) is 19.0 Å². The number of hydroxylamine groups is 2. The van der Waals surface area contributed by atoms with Crippen molar-refractivity contribution >= 4 is 29.1 Å². The second-order valence-corrected chi connectivity index (χ2v) is 13.4. The Labute approximate surface area is 248 Å². The van der Waals surface area contributed by atoms with Crippen molar-refractivity contribution in [3.8, 4) is 0 Å². The average Bonchev–Trinajstić information content (AvgIpc) is 3.54. The van der Waals surface area contributed by atoms with Crippen LogP contribution in [0.3, 0.4) is 0 Å². The maximum atomic E-state index is 14.5. The Morgan fingerprint density at radius 3 is 2.55 bits per heavy atom. The van der Waals surface area contributed by atoms with Crippen LogP contribution in [0.2, 0.25) is 0 Å². The summed E-state index contributed by atoms with van der Waals surface area (Å²) in [6.45, 7) is 9.02. The van der Waals surface area contributed by atoms with Crippen molar-refractivity contribution in [1.29, 1.82) is 0 Å². The largest absolute Gasteiger partial charge is 0.443 e. The van der Waals surface area contributed by atoms with E-state index >= 15 is 0 Å². The smallest absolute Gasteiger partial charge is 0.414 e. The molecule has 8 nitrogen and oxygen atoms in total. The molecule has 0 N–H and O–H groups in total. The number of rotatable bonds is 4. The summed E-state index contributed by atoms with van der Waals surface area (Å²) in [5, 5.41) is 1.28. The maximum Gasteiger partial charge on any atom is 0.414 e. The number of piperidine rings is 1. The average molecular weight is 579 g/mol. The summed E-state index contributed by atoms with van der Waals surface area (Å²) in [7, 11) is 3.12. The van der Waals surface area contributed by atoms with Crippen LogP contribution in [0.1, 0.15) is 76.3 Å². The van der Waals surface area contributed by atoms with Gasteiger partial charge in [0.15, 0.2) is 0 Å². The van der Waals surface area contributed by atoms with E-state index in [1.54, 1.807) is 13.1 Å². The lowest BCUT2D eigenvalue weighted by Gasteiger charge is -2.43. The zero-order valence-electron chi connectivity index (χ0n) is 25.5. The molecule has 1 spiro atoms. The molecule has 9 heteroatoms. The normalized spacial score (nSPS) is 22.6. The highest BCUT2D eigenvalue weighted by Gasteiger charge is 2.46. The van der Waals surface area contributed by atoms with Crippen LogP contribution in [-0.2, 0) is 19.8 Å². The fourth-order valence-electron chi connectivity index (χ4n) is 7.63. The minimum atomic E-state index is -0.554. The van der Waals surface area contributed by atoms with Crippen LogP contribution in [0.25, 0.3) is 0 Å². The molecule has 6 rings (SSSR count). The first-order valence-electron chi connectivity index (χ1n) is 15.2. The molecule has 0 radical (unpaired) electrons. The number of benzene rings is 2. The Morgan fingerprint density at radius 2 is 1.83 bits per heavy atom. The van der Waals surface area contributed by atoms with Gasteiger partial charge in [-0.25, -0.2) is 14.2 Å². The van der Waals surface area contributed by atoms with Gasteiger partial charge in [0.25, 0.3) is 0 Å². The number of anilines is 3. The predicted octanol–water partition coefficient (Wildman–Crippen LogP) is 5.99. The molecule has 3 aliphatic heterocycles. The van der Waals surface area contributed by atoms with Crippen molar-refractivity contribution in [3.63, 3.8) is 0 Å². The number of carbonyl (C=O) groups is 2. The summed E-state index contributed by atoms with van der Waals surface area (Å²) in [4.78, 5) is 37.7. The number of ether oxygens (including phenoxy) is 1. The van der Waals surface area contributed by atoms with Crippen molar-refractivity contribution in [2.24, 2.45) is 0 Å². The van der Waals surface area contributed by atoms with Crippen LogP contribution in [-0.4, -0.2) is 69.0 Å². The summed E-state index contributed by atoms with van der Waals surface area (Å²) in [6.07, 6.45) is 4.86.